The zero-order valence-electron chi connectivity index (χ0n) is 11.4. The van der Waals surface area contributed by atoms with Gasteiger partial charge in [-0.3, -0.25) is 0 Å². The van der Waals surface area contributed by atoms with E-state index < -0.39 is 9.84 Å². The Morgan fingerprint density at radius 2 is 1.65 bits per heavy atom. The molecule has 0 aromatic heterocycles. The average molecular weight is 310 g/mol. The molecule has 0 radical (unpaired) electrons. The van der Waals surface area contributed by atoms with Crippen LogP contribution in [0.2, 0.25) is 5.02 Å². The third-order valence-corrected chi connectivity index (χ3v) is 5.12. The summed E-state index contributed by atoms with van der Waals surface area (Å²) in [7, 11) is -3.51. The van der Waals surface area contributed by atoms with Crippen molar-refractivity contribution in [2.75, 3.05) is 5.73 Å². The largest absolute Gasteiger partial charge is 0.398 e. The van der Waals surface area contributed by atoms with Crippen molar-refractivity contribution < 1.29 is 8.42 Å². The van der Waals surface area contributed by atoms with Crippen molar-refractivity contribution in [2.24, 2.45) is 0 Å². The number of hydrogen-bond acceptors (Lipinski definition) is 3. The summed E-state index contributed by atoms with van der Waals surface area (Å²) in [6.07, 6.45) is 0. The van der Waals surface area contributed by atoms with Crippen LogP contribution in [0.25, 0.3) is 0 Å². The van der Waals surface area contributed by atoms with E-state index in [9.17, 15) is 8.42 Å². The predicted molar refractivity (Wildman–Crippen MR) is 82.7 cm³/mol. The van der Waals surface area contributed by atoms with Crippen molar-refractivity contribution in [3.05, 3.63) is 58.1 Å². The highest BCUT2D eigenvalue weighted by Crippen LogP contribution is 2.27. The lowest BCUT2D eigenvalue weighted by Gasteiger charge is -2.10. The van der Waals surface area contributed by atoms with Gasteiger partial charge < -0.3 is 5.73 Å². The maximum Gasteiger partial charge on any atom is 0.184 e. The second-order valence-corrected chi connectivity index (χ2v) is 7.26. The minimum atomic E-state index is -3.51. The maximum atomic E-state index is 12.5. The van der Waals surface area contributed by atoms with E-state index in [1.807, 2.05) is 19.9 Å². The van der Waals surface area contributed by atoms with Gasteiger partial charge in [-0.05, 0) is 48.7 Å². The van der Waals surface area contributed by atoms with Crippen molar-refractivity contribution in [1.29, 1.82) is 0 Å². The van der Waals surface area contributed by atoms with Gasteiger partial charge in [0, 0.05) is 5.02 Å². The first-order chi connectivity index (χ1) is 9.29. The van der Waals surface area contributed by atoms with E-state index in [2.05, 4.69) is 0 Å². The minimum Gasteiger partial charge on any atom is -0.398 e. The molecule has 0 saturated carbocycles. The summed E-state index contributed by atoms with van der Waals surface area (Å²) in [5.74, 6) is -0.153. The van der Waals surface area contributed by atoms with E-state index in [-0.39, 0.29) is 16.3 Å². The van der Waals surface area contributed by atoms with Crippen LogP contribution in [0.4, 0.5) is 5.69 Å². The monoisotopic (exact) mass is 309 g/mol. The third kappa shape index (κ3) is 3.14. The fraction of sp³-hybridized carbons (Fsp3) is 0.200. The SMILES string of the molecule is Cc1ccc(CS(=O)(=O)c2cc(C)ccc2N)c(Cl)c1. The lowest BCUT2D eigenvalue weighted by atomic mass is 10.2. The van der Waals surface area contributed by atoms with Gasteiger partial charge in [0.05, 0.1) is 16.3 Å². The summed E-state index contributed by atoms with van der Waals surface area (Å²) in [5, 5.41) is 0.458. The van der Waals surface area contributed by atoms with Crippen LogP contribution in [-0.4, -0.2) is 8.42 Å². The highest BCUT2D eigenvalue weighted by Gasteiger charge is 2.20. The normalized spacial score (nSPS) is 11.6. The molecule has 0 unspecified atom stereocenters. The second kappa shape index (κ2) is 5.46. The summed E-state index contributed by atoms with van der Waals surface area (Å²) < 4.78 is 24.9. The van der Waals surface area contributed by atoms with Gasteiger partial charge in [0.2, 0.25) is 0 Å². The van der Waals surface area contributed by atoms with E-state index in [0.717, 1.165) is 11.1 Å². The lowest BCUT2D eigenvalue weighted by molar-refractivity contribution is 0.595. The minimum absolute atomic E-state index is 0.153. The molecule has 0 atom stereocenters. The second-order valence-electron chi connectivity index (χ2n) is 4.90. The van der Waals surface area contributed by atoms with Crippen LogP contribution in [0, 0.1) is 13.8 Å². The highest BCUT2D eigenvalue weighted by molar-refractivity contribution is 7.90. The first-order valence-corrected chi connectivity index (χ1v) is 8.16. The van der Waals surface area contributed by atoms with Crippen molar-refractivity contribution >= 4 is 27.1 Å². The van der Waals surface area contributed by atoms with Crippen LogP contribution >= 0.6 is 11.6 Å². The molecule has 20 heavy (non-hydrogen) atoms. The molecule has 3 nitrogen and oxygen atoms in total. The van der Waals surface area contributed by atoms with Crippen molar-refractivity contribution in [2.45, 2.75) is 24.5 Å². The van der Waals surface area contributed by atoms with Crippen molar-refractivity contribution in [3.8, 4) is 0 Å². The Morgan fingerprint density at radius 1 is 1.05 bits per heavy atom. The molecular formula is C15H16ClNO2S. The summed E-state index contributed by atoms with van der Waals surface area (Å²) in [4.78, 5) is 0.161. The average Bonchev–Trinajstić information content (AvgIpc) is 2.35. The number of nitrogens with two attached hydrogens (primary N) is 1. The summed E-state index contributed by atoms with van der Waals surface area (Å²) in [5.41, 5.74) is 8.47. The summed E-state index contributed by atoms with van der Waals surface area (Å²) >= 11 is 6.10. The van der Waals surface area contributed by atoms with E-state index in [0.29, 0.717) is 10.6 Å². The molecule has 2 rings (SSSR count). The van der Waals surface area contributed by atoms with Crippen LogP contribution in [0.1, 0.15) is 16.7 Å². The Morgan fingerprint density at radius 3 is 2.30 bits per heavy atom. The fourth-order valence-electron chi connectivity index (χ4n) is 1.96. The molecule has 0 fully saturated rings. The molecule has 0 bridgehead atoms. The van der Waals surface area contributed by atoms with E-state index in [4.69, 9.17) is 17.3 Å². The smallest absolute Gasteiger partial charge is 0.184 e. The number of halogens is 1. The Labute approximate surface area is 124 Å². The topological polar surface area (TPSA) is 60.2 Å². The number of aryl methyl sites for hydroxylation is 2. The molecule has 2 aromatic carbocycles. The molecule has 5 heteroatoms. The van der Waals surface area contributed by atoms with Crippen molar-refractivity contribution in [1.82, 2.24) is 0 Å². The van der Waals surface area contributed by atoms with Gasteiger partial charge in [0.1, 0.15) is 0 Å². The molecule has 2 aromatic rings. The first-order valence-electron chi connectivity index (χ1n) is 6.13. The molecular weight excluding hydrogens is 294 g/mol. The summed E-state index contributed by atoms with van der Waals surface area (Å²) in [6.45, 7) is 3.74. The molecule has 0 amide bonds. The Balaban J connectivity index is 2.43. The highest BCUT2D eigenvalue weighted by atomic mass is 35.5. The number of nitrogen functional groups attached to an aromatic ring is 1. The Bertz CT molecular complexity index is 754. The number of rotatable bonds is 3. The standard InChI is InChI=1S/C15H16ClNO2S/c1-10-3-5-12(13(16)7-10)9-20(18,19)15-8-11(2)4-6-14(15)17/h3-8H,9,17H2,1-2H3. The molecule has 0 saturated heterocycles. The zero-order valence-corrected chi connectivity index (χ0v) is 12.9. The quantitative estimate of drug-likeness (QED) is 0.883. The van der Waals surface area contributed by atoms with Gasteiger partial charge in [-0.2, -0.15) is 0 Å². The number of sulfone groups is 1. The van der Waals surface area contributed by atoms with Gasteiger partial charge in [0.15, 0.2) is 9.84 Å². The molecule has 106 valence electrons. The lowest BCUT2D eigenvalue weighted by Crippen LogP contribution is -2.08. The summed E-state index contributed by atoms with van der Waals surface area (Å²) in [6, 6.07) is 10.3. The fourth-order valence-corrected chi connectivity index (χ4v) is 3.95. The van der Waals surface area contributed by atoms with E-state index in [1.54, 1.807) is 30.3 Å². The molecule has 0 aliphatic heterocycles. The Hall–Kier alpha value is -1.52. The van der Waals surface area contributed by atoms with Crippen molar-refractivity contribution in [3.63, 3.8) is 0 Å². The van der Waals surface area contributed by atoms with Gasteiger partial charge in [-0.25, -0.2) is 8.42 Å². The van der Waals surface area contributed by atoms with Crippen LogP contribution in [0.3, 0.4) is 0 Å². The number of anilines is 1. The van der Waals surface area contributed by atoms with Gasteiger partial charge in [0.25, 0.3) is 0 Å². The molecule has 0 aliphatic rings. The van der Waals surface area contributed by atoms with Gasteiger partial charge in [-0.1, -0.05) is 29.8 Å². The molecule has 2 N–H and O–H groups in total. The van der Waals surface area contributed by atoms with E-state index >= 15 is 0 Å². The first kappa shape index (κ1) is 14.9. The van der Waals surface area contributed by atoms with Crippen LogP contribution < -0.4 is 5.73 Å². The zero-order chi connectivity index (χ0) is 14.9. The molecule has 0 heterocycles. The molecule has 0 aliphatic carbocycles. The van der Waals surface area contributed by atoms with E-state index in [1.165, 1.54) is 0 Å². The number of hydrogen-bond donors (Lipinski definition) is 1. The van der Waals surface area contributed by atoms with Crippen LogP contribution in [-0.2, 0) is 15.6 Å². The predicted octanol–water partition coefficient (Wildman–Crippen LogP) is 3.51. The van der Waals surface area contributed by atoms with Gasteiger partial charge in [-0.15, -0.1) is 0 Å². The third-order valence-electron chi connectivity index (χ3n) is 3.06. The number of benzene rings is 2. The maximum absolute atomic E-state index is 12.5. The Kier molecular flexibility index (Phi) is 4.06. The van der Waals surface area contributed by atoms with Crippen LogP contribution in [0.15, 0.2) is 41.3 Å². The van der Waals surface area contributed by atoms with Crippen LogP contribution in [0.5, 0.6) is 0 Å². The van der Waals surface area contributed by atoms with Gasteiger partial charge >= 0.3 is 0 Å². The molecule has 0 spiro atoms.